The lowest BCUT2D eigenvalue weighted by atomic mass is 9.91. The predicted octanol–water partition coefficient (Wildman–Crippen LogP) is 5.01. The second-order valence-electron chi connectivity index (χ2n) is 9.21. The van der Waals surface area contributed by atoms with Crippen molar-refractivity contribution in [3.63, 3.8) is 0 Å². The lowest BCUT2D eigenvalue weighted by Gasteiger charge is -2.27. The highest BCUT2D eigenvalue weighted by molar-refractivity contribution is 6.51. The first-order valence-corrected chi connectivity index (χ1v) is 11.8. The Labute approximate surface area is 205 Å². The summed E-state index contributed by atoms with van der Waals surface area (Å²) in [7, 11) is 3.89. The number of nitrogens with zero attached hydrogens (tertiary/aromatic N) is 2. The van der Waals surface area contributed by atoms with Gasteiger partial charge < -0.3 is 14.7 Å². The minimum absolute atomic E-state index is 0.0951. The number of fused-ring (bicyclic) bond motifs is 1. The molecule has 2 heterocycles. The van der Waals surface area contributed by atoms with Crippen LogP contribution in [0.3, 0.4) is 0 Å². The standard InChI is InChI=1S/C29H28N2O4/c1-18-7-4-5-9-23(18)26-25(27(32)20-10-15-24-19(17-20)8-6-16-35-24)28(33)29(34)31(26)22-13-11-21(12-14-22)30(2)3/h4-5,7,9-15,17,26,32H,6,8,16H2,1-3H3/b27-25+. The first kappa shape index (κ1) is 22.7. The highest BCUT2D eigenvalue weighted by Gasteiger charge is 2.47. The van der Waals surface area contributed by atoms with E-state index in [0.29, 0.717) is 17.9 Å². The zero-order valence-electron chi connectivity index (χ0n) is 20.1. The summed E-state index contributed by atoms with van der Waals surface area (Å²) in [5.41, 5.74) is 4.90. The number of anilines is 2. The van der Waals surface area contributed by atoms with Gasteiger partial charge in [-0.15, -0.1) is 0 Å². The molecular formula is C29H28N2O4. The van der Waals surface area contributed by atoms with Crippen LogP contribution in [0, 0.1) is 6.92 Å². The average Bonchev–Trinajstić information content (AvgIpc) is 3.13. The number of hydrogen-bond donors (Lipinski definition) is 1. The maximum atomic E-state index is 13.4. The van der Waals surface area contributed by atoms with Crippen LogP contribution in [0.2, 0.25) is 0 Å². The van der Waals surface area contributed by atoms with Gasteiger partial charge in [0, 0.05) is 31.0 Å². The van der Waals surface area contributed by atoms with Crippen LogP contribution in [-0.4, -0.2) is 37.5 Å². The van der Waals surface area contributed by atoms with E-state index in [1.807, 2.05) is 86.6 Å². The van der Waals surface area contributed by atoms with Crippen molar-refractivity contribution < 1.29 is 19.4 Å². The molecule has 0 aromatic heterocycles. The van der Waals surface area contributed by atoms with Gasteiger partial charge in [-0.25, -0.2) is 0 Å². The molecule has 0 bridgehead atoms. The molecule has 2 aliphatic heterocycles. The molecule has 1 N–H and O–H groups in total. The van der Waals surface area contributed by atoms with Crippen LogP contribution in [-0.2, 0) is 16.0 Å². The van der Waals surface area contributed by atoms with E-state index in [-0.39, 0.29) is 11.3 Å². The molecule has 0 aliphatic carbocycles. The van der Waals surface area contributed by atoms with Gasteiger partial charge in [0.1, 0.15) is 11.5 Å². The van der Waals surface area contributed by atoms with E-state index in [1.54, 1.807) is 6.07 Å². The summed E-state index contributed by atoms with van der Waals surface area (Å²) in [6, 6.07) is 19.8. The summed E-state index contributed by atoms with van der Waals surface area (Å²) < 4.78 is 5.70. The summed E-state index contributed by atoms with van der Waals surface area (Å²) >= 11 is 0. The van der Waals surface area contributed by atoms with Crippen molar-refractivity contribution in [2.45, 2.75) is 25.8 Å². The molecular weight excluding hydrogens is 440 g/mol. The number of ether oxygens (including phenoxy) is 1. The lowest BCUT2D eigenvalue weighted by Crippen LogP contribution is -2.29. The Balaban J connectivity index is 1.68. The molecule has 1 fully saturated rings. The number of aliphatic hydroxyl groups excluding tert-OH is 1. The van der Waals surface area contributed by atoms with E-state index in [4.69, 9.17) is 4.74 Å². The van der Waals surface area contributed by atoms with E-state index in [9.17, 15) is 14.7 Å². The first-order valence-electron chi connectivity index (χ1n) is 11.8. The van der Waals surface area contributed by atoms with Gasteiger partial charge >= 0.3 is 0 Å². The number of aliphatic hydroxyl groups is 1. The molecule has 0 spiro atoms. The zero-order valence-corrected chi connectivity index (χ0v) is 20.1. The average molecular weight is 469 g/mol. The Morgan fingerprint density at radius 3 is 2.49 bits per heavy atom. The number of carbonyl (C=O) groups is 2. The third-order valence-corrected chi connectivity index (χ3v) is 6.75. The van der Waals surface area contributed by atoms with Gasteiger partial charge in [-0.05, 0) is 78.9 Å². The Hall–Kier alpha value is -4.06. The molecule has 5 rings (SSSR count). The van der Waals surface area contributed by atoms with Crippen molar-refractivity contribution in [1.82, 2.24) is 0 Å². The monoisotopic (exact) mass is 468 g/mol. The predicted molar refractivity (Wildman–Crippen MR) is 137 cm³/mol. The fraction of sp³-hybridized carbons (Fsp3) is 0.241. The van der Waals surface area contributed by atoms with Gasteiger partial charge in [0.15, 0.2) is 0 Å². The minimum Gasteiger partial charge on any atom is -0.507 e. The molecule has 0 radical (unpaired) electrons. The van der Waals surface area contributed by atoms with E-state index < -0.39 is 17.7 Å². The Kier molecular flexibility index (Phi) is 5.81. The number of benzene rings is 3. The molecule has 1 unspecified atom stereocenters. The van der Waals surface area contributed by atoms with Gasteiger partial charge in [0.05, 0.1) is 18.2 Å². The molecule has 2 aliphatic rings. The minimum atomic E-state index is -0.742. The Bertz CT molecular complexity index is 1340. The fourth-order valence-electron chi connectivity index (χ4n) is 4.86. The normalized spacial score (nSPS) is 18.8. The maximum absolute atomic E-state index is 13.4. The van der Waals surface area contributed by atoms with Gasteiger partial charge in [-0.2, -0.15) is 0 Å². The van der Waals surface area contributed by atoms with E-state index in [2.05, 4.69) is 0 Å². The van der Waals surface area contributed by atoms with Crippen LogP contribution in [0.5, 0.6) is 5.75 Å². The first-order chi connectivity index (χ1) is 16.9. The summed E-state index contributed by atoms with van der Waals surface area (Å²) in [5.74, 6) is -0.720. The highest BCUT2D eigenvalue weighted by Crippen LogP contribution is 2.43. The zero-order chi connectivity index (χ0) is 24.7. The Morgan fingerprint density at radius 2 is 1.77 bits per heavy atom. The second kappa shape index (κ2) is 8.95. The summed E-state index contributed by atoms with van der Waals surface area (Å²) in [4.78, 5) is 30.3. The molecule has 1 saturated heterocycles. The largest absolute Gasteiger partial charge is 0.507 e. The van der Waals surface area contributed by atoms with Crippen molar-refractivity contribution >= 4 is 28.8 Å². The molecule has 6 nitrogen and oxygen atoms in total. The number of rotatable bonds is 4. The number of hydrogen-bond acceptors (Lipinski definition) is 5. The Morgan fingerprint density at radius 1 is 1.03 bits per heavy atom. The van der Waals surface area contributed by atoms with Gasteiger partial charge in [0.2, 0.25) is 0 Å². The van der Waals surface area contributed by atoms with Crippen molar-refractivity contribution in [2.75, 3.05) is 30.5 Å². The summed E-state index contributed by atoms with van der Waals surface area (Å²) in [6.07, 6.45) is 1.73. The van der Waals surface area contributed by atoms with E-state index in [1.165, 1.54) is 4.90 Å². The molecule has 1 atom stereocenters. The molecule has 6 heteroatoms. The topological polar surface area (TPSA) is 70.1 Å². The van der Waals surface area contributed by atoms with Crippen molar-refractivity contribution in [1.29, 1.82) is 0 Å². The van der Waals surface area contributed by atoms with E-state index in [0.717, 1.165) is 41.0 Å². The molecule has 178 valence electrons. The molecule has 1 amide bonds. The van der Waals surface area contributed by atoms with Crippen molar-refractivity contribution in [3.05, 3.63) is 94.6 Å². The number of carbonyl (C=O) groups excluding carboxylic acids is 2. The quantitative estimate of drug-likeness (QED) is 0.331. The van der Waals surface area contributed by atoms with Crippen LogP contribution < -0.4 is 14.5 Å². The third-order valence-electron chi connectivity index (χ3n) is 6.75. The highest BCUT2D eigenvalue weighted by atomic mass is 16.5. The smallest absolute Gasteiger partial charge is 0.300 e. The van der Waals surface area contributed by atoms with Crippen molar-refractivity contribution in [3.8, 4) is 5.75 Å². The second-order valence-corrected chi connectivity index (χ2v) is 9.21. The van der Waals surface area contributed by atoms with Crippen LogP contribution in [0.25, 0.3) is 5.76 Å². The van der Waals surface area contributed by atoms with Crippen LogP contribution >= 0.6 is 0 Å². The van der Waals surface area contributed by atoms with Gasteiger partial charge in [-0.3, -0.25) is 14.5 Å². The SMILES string of the molecule is Cc1ccccc1C1/C(=C(\O)c2ccc3c(c2)CCCO3)C(=O)C(=O)N1c1ccc(N(C)C)cc1. The van der Waals surface area contributed by atoms with E-state index >= 15 is 0 Å². The lowest BCUT2D eigenvalue weighted by molar-refractivity contribution is -0.132. The van der Waals surface area contributed by atoms with Crippen LogP contribution in [0.15, 0.2) is 72.3 Å². The van der Waals surface area contributed by atoms with Gasteiger partial charge in [-0.1, -0.05) is 24.3 Å². The maximum Gasteiger partial charge on any atom is 0.300 e. The van der Waals surface area contributed by atoms with Crippen LogP contribution in [0.1, 0.15) is 34.7 Å². The number of Topliss-reactive ketones (excluding diaryl/α,β-unsaturated/α-hetero) is 1. The summed E-state index contributed by atoms with van der Waals surface area (Å²) in [6.45, 7) is 2.62. The molecule has 3 aromatic carbocycles. The number of ketones is 1. The number of aryl methyl sites for hydroxylation is 2. The van der Waals surface area contributed by atoms with Gasteiger partial charge in [0.25, 0.3) is 11.7 Å². The summed E-state index contributed by atoms with van der Waals surface area (Å²) in [5, 5.41) is 11.4. The molecule has 3 aromatic rings. The number of amides is 1. The van der Waals surface area contributed by atoms with Crippen molar-refractivity contribution in [2.24, 2.45) is 0 Å². The third kappa shape index (κ3) is 3.95. The molecule has 35 heavy (non-hydrogen) atoms. The molecule has 0 saturated carbocycles. The fourth-order valence-corrected chi connectivity index (χ4v) is 4.86. The van der Waals surface area contributed by atoms with Crippen LogP contribution in [0.4, 0.5) is 11.4 Å².